The summed E-state index contributed by atoms with van der Waals surface area (Å²) in [6, 6.07) is 14.4. The fourth-order valence-corrected chi connectivity index (χ4v) is 9.20. The summed E-state index contributed by atoms with van der Waals surface area (Å²) in [5.74, 6) is 1.74. The van der Waals surface area contributed by atoms with E-state index in [-0.39, 0.29) is 47.3 Å². The molecular formula is C32H53FeP. The van der Waals surface area contributed by atoms with Crippen LogP contribution in [0.2, 0.25) is 0 Å². The Morgan fingerprint density at radius 3 is 1.29 bits per heavy atom. The standard InChI is InChI=1S/C24H33P.C5H10.CH4.2CH3.Fe/c1-16-10-17(2)13-22(12-16)25(21(6)24-9-7-8-20(24)5)23-14-18(3)11-19(4)15-23;1-2-4-5-3-1;;;;/h10-15,20-21,24H,7-9H2,1-6H3;1-5H2;1H4;2*1H3;/q;;;2*-1;+2/t20?,21-,24?;;;;;/m1...../s1. The summed E-state index contributed by atoms with van der Waals surface area (Å²) in [7, 11) is -0.315. The van der Waals surface area contributed by atoms with Gasteiger partial charge in [0.05, 0.1) is 0 Å². The number of hydrogen-bond acceptors (Lipinski definition) is 0. The van der Waals surface area contributed by atoms with Crippen molar-refractivity contribution in [3.8, 4) is 0 Å². The quantitative estimate of drug-likeness (QED) is 0.212. The van der Waals surface area contributed by atoms with Gasteiger partial charge in [-0.05, 0) is 70.1 Å². The van der Waals surface area contributed by atoms with Gasteiger partial charge in [-0.2, -0.15) is 0 Å². The van der Waals surface area contributed by atoms with Gasteiger partial charge in [0.25, 0.3) is 0 Å². The van der Waals surface area contributed by atoms with Gasteiger partial charge in [-0.25, -0.2) is 0 Å². The van der Waals surface area contributed by atoms with Crippen LogP contribution in [0.4, 0.5) is 0 Å². The minimum absolute atomic E-state index is 0. The fourth-order valence-electron chi connectivity index (χ4n) is 5.76. The fraction of sp³-hybridized carbons (Fsp3) is 0.562. The van der Waals surface area contributed by atoms with Crippen LogP contribution in [0.5, 0.6) is 0 Å². The molecule has 0 heterocycles. The summed E-state index contributed by atoms with van der Waals surface area (Å²) >= 11 is 0. The van der Waals surface area contributed by atoms with Gasteiger partial charge >= 0.3 is 17.1 Å². The van der Waals surface area contributed by atoms with Crippen molar-refractivity contribution in [2.45, 2.75) is 106 Å². The van der Waals surface area contributed by atoms with Crippen LogP contribution < -0.4 is 10.6 Å². The maximum absolute atomic E-state index is 2.54. The summed E-state index contributed by atoms with van der Waals surface area (Å²) in [5.41, 5.74) is 6.35. The Kier molecular flexibility index (Phi) is 17.7. The third-order valence-corrected chi connectivity index (χ3v) is 10.0. The van der Waals surface area contributed by atoms with Crippen molar-refractivity contribution in [1.82, 2.24) is 0 Å². The van der Waals surface area contributed by atoms with Crippen molar-refractivity contribution >= 4 is 18.5 Å². The van der Waals surface area contributed by atoms with Crippen molar-refractivity contribution < 1.29 is 17.1 Å². The van der Waals surface area contributed by atoms with Gasteiger partial charge in [0.2, 0.25) is 0 Å². The molecule has 2 aliphatic rings. The predicted molar refractivity (Wildman–Crippen MR) is 157 cm³/mol. The van der Waals surface area contributed by atoms with Gasteiger partial charge < -0.3 is 14.9 Å². The topological polar surface area (TPSA) is 0 Å². The first-order chi connectivity index (χ1) is 14.3. The van der Waals surface area contributed by atoms with E-state index in [1.54, 1.807) is 10.6 Å². The van der Waals surface area contributed by atoms with Crippen molar-refractivity contribution in [2.24, 2.45) is 11.8 Å². The summed E-state index contributed by atoms with van der Waals surface area (Å²) in [4.78, 5) is 0. The van der Waals surface area contributed by atoms with Crippen LogP contribution in [0, 0.1) is 54.4 Å². The van der Waals surface area contributed by atoms with E-state index in [9.17, 15) is 0 Å². The van der Waals surface area contributed by atoms with Crippen LogP contribution in [-0.2, 0) is 17.1 Å². The van der Waals surface area contributed by atoms with Crippen LogP contribution in [0.15, 0.2) is 36.4 Å². The van der Waals surface area contributed by atoms with Crippen molar-refractivity contribution in [1.29, 1.82) is 0 Å². The van der Waals surface area contributed by atoms with Crippen LogP contribution in [0.25, 0.3) is 0 Å². The van der Waals surface area contributed by atoms with E-state index >= 15 is 0 Å². The molecule has 0 amide bonds. The zero-order valence-electron chi connectivity index (χ0n) is 22.7. The second-order valence-corrected chi connectivity index (χ2v) is 12.7. The molecule has 34 heavy (non-hydrogen) atoms. The Morgan fingerprint density at radius 1 is 0.647 bits per heavy atom. The molecule has 0 N–H and O–H groups in total. The Balaban J connectivity index is 0. The van der Waals surface area contributed by atoms with E-state index in [4.69, 9.17) is 0 Å². The molecule has 0 bridgehead atoms. The molecule has 0 saturated heterocycles. The molecular weight excluding hydrogens is 471 g/mol. The molecule has 2 unspecified atom stereocenters. The maximum Gasteiger partial charge on any atom is 2.00 e. The molecule has 194 valence electrons. The normalized spacial score (nSPS) is 19.5. The van der Waals surface area contributed by atoms with Gasteiger partial charge in [-0.15, -0.1) is 0 Å². The predicted octanol–water partition coefficient (Wildman–Crippen LogP) is 9.66. The van der Waals surface area contributed by atoms with E-state index in [1.807, 2.05) is 0 Å². The minimum atomic E-state index is -0.315. The largest absolute Gasteiger partial charge is 2.00 e. The first kappa shape index (κ1) is 35.6. The van der Waals surface area contributed by atoms with Gasteiger partial charge in [0.1, 0.15) is 0 Å². The van der Waals surface area contributed by atoms with Crippen molar-refractivity contribution in [3.05, 3.63) is 73.5 Å². The molecule has 0 aliphatic heterocycles. The third kappa shape index (κ3) is 9.80. The monoisotopic (exact) mass is 524 g/mol. The van der Waals surface area contributed by atoms with Crippen molar-refractivity contribution in [3.63, 3.8) is 0 Å². The Labute approximate surface area is 226 Å². The molecule has 2 fully saturated rings. The summed E-state index contributed by atoms with van der Waals surface area (Å²) < 4.78 is 0. The molecule has 0 radical (unpaired) electrons. The van der Waals surface area contributed by atoms with E-state index in [0.717, 1.165) is 17.5 Å². The first-order valence-electron chi connectivity index (χ1n) is 12.3. The van der Waals surface area contributed by atoms with Gasteiger partial charge in [-0.1, -0.05) is 125 Å². The molecule has 4 rings (SSSR count). The zero-order valence-corrected chi connectivity index (χ0v) is 24.7. The molecule has 0 nitrogen and oxygen atoms in total. The van der Waals surface area contributed by atoms with E-state index < -0.39 is 0 Å². The zero-order chi connectivity index (χ0) is 21.7. The Bertz CT molecular complexity index is 724. The molecule has 2 aromatic rings. The SMILES string of the molecule is C.C1CCCC1.Cc1cc(C)cc(P(c2cc(C)cc(C)c2)[C@H](C)C2CCCC2C)c1.[CH3-].[CH3-].[Fe+2]. The molecule has 2 aromatic carbocycles. The van der Waals surface area contributed by atoms with Gasteiger partial charge in [0.15, 0.2) is 0 Å². The molecule has 2 saturated carbocycles. The Morgan fingerprint density at radius 2 is 1.00 bits per heavy atom. The molecule has 2 heteroatoms. The summed E-state index contributed by atoms with van der Waals surface area (Å²) in [5, 5.41) is 3.15. The average Bonchev–Trinajstić information content (AvgIpc) is 3.35. The summed E-state index contributed by atoms with van der Waals surface area (Å²) in [6.45, 7) is 14.0. The van der Waals surface area contributed by atoms with Crippen LogP contribution in [-0.4, -0.2) is 5.66 Å². The molecule has 0 aromatic heterocycles. The second kappa shape index (κ2) is 17.0. The Hall–Kier alpha value is -0.611. The number of benzene rings is 2. The maximum atomic E-state index is 2.54. The van der Waals surface area contributed by atoms with E-state index in [1.165, 1.54) is 73.6 Å². The first-order valence-corrected chi connectivity index (χ1v) is 13.7. The number of rotatable bonds is 4. The number of hydrogen-bond donors (Lipinski definition) is 0. The molecule has 0 spiro atoms. The van der Waals surface area contributed by atoms with Gasteiger partial charge in [0, 0.05) is 0 Å². The third-order valence-electron chi connectivity index (χ3n) is 7.17. The molecule has 2 aliphatic carbocycles. The van der Waals surface area contributed by atoms with Crippen molar-refractivity contribution in [2.75, 3.05) is 0 Å². The van der Waals surface area contributed by atoms with Crippen LogP contribution in [0.1, 0.15) is 94.9 Å². The number of aryl methyl sites for hydroxylation is 4. The minimum Gasteiger partial charge on any atom is -0.358 e. The van der Waals surface area contributed by atoms with E-state index in [2.05, 4.69) is 77.9 Å². The van der Waals surface area contributed by atoms with Crippen LogP contribution >= 0.6 is 7.92 Å². The smallest absolute Gasteiger partial charge is 0.358 e. The van der Waals surface area contributed by atoms with Gasteiger partial charge in [-0.3, -0.25) is 0 Å². The second-order valence-electron chi connectivity index (χ2n) is 10.1. The summed E-state index contributed by atoms with van der Waals surface area (Å²) in [6.07, 6.45) is 11.7. The van der Waals surface area contributed by atoms with Crippen LogP contribution in [0.3, 0.4) is 0 Å². The van der Waals surface area contributed by atoms with E-state index in [0.29, 0.717) is 0 Å². The molecule has 3 atom stereocenters. The average molecular weight is 525 g/mol.